The third kappa shape index (κ3) is 2.88. The molecule has 2 N–H and O–H groups in total. The topological polar surface area (TPSA) is 51.8 Å². The van der Waals surface area contributed by atoms with Crippen LogP contribution in [0.5, 0.6) is 0 Å². The van der Waals surface area contributed by atoms with E-state index in [1.165, 1.54) is 5.56 Å². The average Bonchev–Trinajstić information content (AvgIpc) is 2.40. The van der Waals surface area contributed by atoms with Gasteiger partial charge in [-0.25, -0.2) is 9.97 Å². The van der Waals surface area contributed by atoms with Gasteiger partial charge in [0.2, 0.25) is 0 Å². The van der Waals surface area contributed by atoms with Crippen LogP contribution in [0.3, 0.4) is 0 Å². The Bertz CT molecular complexity index is 460. The molecule has 0 spiro atoms. The molecule has 0 bridgehead atoms. The molecule has 0 radical (unpaired) electrons. The summed E-state index contributed by atoms with van der Waals surface area (Å²) in [6, 6.07) is 8.37. The first kappa shape index (κ1) is 11.7. The summed E-state index contributed by atoms with van der Waals surface area (Å²) >= 11 is 0. The molecule has 0 amide bonds. The largest absolute Gasteiger partial charge is 0.330 e. The van der Waals surface area contributed by atoms with Gasteiger partial charge in [-0.15, -0.1) is 0 Å². The van der Waals surface area contributed by atoms with Crippen LogP contribution in [0.4, 0.5) is 0 Å². The Balaban J connectivity index is 2.20. The van der Waals surface area contributed by atoms with Crippen LogP contribution in [0.15, 0.2) is 36.7 Å². The highest BCUT2D eigenvalue weighted by atomic mass is 14.9. The Morgan fingerprint density at radius 1 is 1.00 bits per heavy atom. The third-order valence-corrected chi connectivity index (χ3v) is 2.76. The second-order valence-corrected chi connectivity index (χ2v) is 4.00. The van der Waals surface area contributed by atoms with Gasteiger partial charge in [0, 0.05) is 18.0 Å². The maximum Gasteiger partial charge on any atom is 0.159 e. The molecule has 3 nitrogen and oxygen atoms in total. The standard InChI is InChI=1S/C14H17N3/c1-2-11-3-5-13(6-4-11)14-16-9-12(7-8-15)10-17-14/h3-6,9-10H,2,7-8,15H2,1H3. The van der Waals surface area contributed by atoms with Crippen molar-refractivity contribution in [3.63, 3.8) is 0 Å². The van der Waals surface area contributed by atoms with Gasteiger partial charge in [0.05, 0.1) is 0 Å². The predicted octanol–water partition coefficient (Wildman–Crippen LogP) is 2.21. The van der Waals surface area contributed by atoms with Gasteiger partial charge in [-0.1, -0.05) is 31.2 Å². The van der Waals surface area contributed by atoms with E-state index in [1.807, 2.05) is 12.4 Å². The van der Waals surface area contributed by atoms with E-state index in [0.717, 1.165) is 29.8 Å². The third-order valence-electron chi connectivity index (χ3n) is 2.76. The lowest BCUT2D eigenvalue weighted by atomic mass is 10.1. The Kier molecular flexibility index (Phi) is 3.83. The molecule has 0 atom stereocenters. The lowest BCUT2D eigenvalue weighted by Crippen LogP contribution is -2.03. The molecule has 0 saturated heterocycles. The van der Waals surface area contributed by atoms with Crippen LogP contribution in [0.25, 0.3) is 11.4 Å². The number of hydrogen-bond donors (Lipinski definition) is 1. The highest BCUT2D eigenvalue weighted by Crippen LogP contribution is 2.15. The smallest absolute Gasteiger partial charge is 0.159 e. The van der Waals surface area contributed by atoms with Crippen LogP contribution < -0.4 is 5.73 Å². The molecule has 1 heterocycles. The van der Waals surface area contributed by atoms with Crippen molar-refractivity contribution in [1.29, 1.82) is 0 Å². The van der Waals surface area contributed by atoms with E-state index >= 15 is 0 Å². The van der Waals surface area contributed by atoms with E-state index < -0.39 is 0 Å². The van der Waals surface area contributed by atoms with Gasteiger partial charge in [-0.3, -0.25) is 0 Å². The van der Waals surface area contributed by atoms with Crippen molar-refractivity contribution >= 4 is 0 Å². The van der Waals surface area contributed by atoms with E-state index in [2.05, 4.69) is 41.2 Å². The highest BCUT2D eigenvalue weighted by molar-refractivity contribution is 5.55. The molecule has 0 aliphatic carbocycles. The van der Waals surface area contributed by atoms with Gasteiger partial charge in [0.1, 0.15) is 0 Å². The second kappa shape index (κ2) is 5.55. The maximum absolute atomic E-state index is 5.49. The number of rotatable bonds is 4. The fourth-order valence-corrected chi connectivity index (χ4v) is 1.69. The molecule has 0 saturated carbocycles. The minimum atomic E-state index is 0.633. The summed E-state index contributed by atoms with van der Waals surface area (Å²) in [6.07, 6.45) is 5.58. The summed E-state index contributed by atoms with van der Waals surface area (Å²) in [6.45, 7) is 2.78. The molecule has 88 valence electrons. The molecular weight excluding hydrogens is 210 g/mol. The molecular formula is C14H17N3. The predicted molar refractivity (Wildman–Crippen MR) is 69.6 cm³/mol. The van der Waals surface area contributed by atoms with Crippen LogP contribution >= 0.6 is 0 Å². The van der Waals surface area contributed by atoms with E-state index in [0.29, 0.717) is 6.54 Å². The van der Waals surface area contributed by atoms with Crippen molar-refractivity contribution in [1.82, 2.24) is 9.97 Å². The van der Waals surface area contributed by atoms with Crippen molar-refractivity contribution in [3.05, 3.63) is 47.8 Å². The van der Waals surface area contributed by atoms with Crippen LogP contribution in [-0.2, 0) is 12.8 Å². The molecule has 1 aromatic carbocycles. The molecule has 2 rings (SSSR count). The summed E-state index contributed by atoms with van der Waals surface area (Å²) in [7, 11) is 0. The number of benzene rings is 1. The second-order valence-electron chi connectivity index (χ2n) is 4.00. The van der Waals surface area contributed by atoms with Crippen LogP contribution in [0, 0.1) is 0 Å². The number of nitrogens with two attached hydrogens (primary N) is 1. The summed E-state index contributed by atoms with van der Waals surface area (Å²) < 4.78 is 0. The van der Waals surface area contributed by atoms with Gasteiger partial charge in [0.15, 0.2) is 5.82 Å². The first-order valence-corrected chi connectivity index (χ1v) is 5.93. The van der Waals surface area contributed by atoms with E-state index in [4.69, 9.17) is 5.73 Å². The normalized spacial score (nSPS) is 10.5. The summed E-state index contributed by atoms with van der Waals surface area (Å²) in [5.41, 5.74) is 8.96. The fourth-order valence-electron chi connectivity index (χ4n) is 1.69. The molecule has 1 aromatic heterocycles. The zero-order valence-corrected chi connectivity index (χ0v) is 10.1. The lowest BCUT2D eigenvalue weighted by Gasteiger charge is -2.03. The first-order chi connectivity index (χ1) is 8.33. The van der Waals surface area contributed by atoms with Crippen LogP contribution in [-0.4, -0.2) is 16.5 Å². The zero-order chi connectivity index (χ0) is 12.1. The fraction of sp³-hybridized carbons (Fsp3) is 0.286. The molecule has 0 aliphatic rings. The SMILES string of the molecule is CCc1ccc(-c2ncc(CCN)cn2)cc1. The van der Waals surface area contributed by atoms with Crippen molar-refractivity contribution < 1.29 is 0 Å². The molecule has 3 heteroatoms. The van der Waals surface area contributed by atoms with Gasteiger partial charge in [0.25, 0.3) is 0 Å². The lowest BCUT2D eigenvalue weighted by molar-refractivity contribution is 0.943. The number of hydrogen-bond acceptors (Lipinski definition) is 3. The van der Waals surface area contributed by atoms with E-state index in [1.54, 1.807) is 0 Å². The molecule has 2 aromatic rings. The van der Waals surface area contributed by atoms with Crippen molar-refractivity contribution in [3.8, 4) is 11.4 Å². The van der Waals surface area contributed by atoms with Gasteiger partial charge in [-0.05, 0) is 30.5 Å². The molecule has 0 fully saturated rings. The first-order valence-electron chi connectivity index (χ1n) is 5.93. The zero-order valence-electron chi connectivity index (χ0n) is 10.1. The minimum absolute atomic E-state index is 0.633. The molecule has 0 aliphatic heterocycles. The number of nitrogens with zero attached hydrogens (tertiary/aromatic N) is 2. The van der Waals surface area contributed by atoms with Crippen molar-refractivity contribution in [2.24, 2.45) is 5.73 Å². The Labute approximate surface area is 102 Å². The van der Waals surface area contributed by atoms with Gasteiger partial charge < -0.3 is 5.73 Å². The summed E-state index contributed by atoms with van der Waals surface area (Å²) in [4.78, 5) is 8.71. The van der Waals surface area contributed by atoms with Crippen molar-refractivity contribution in [2.75, 3.05) is 6.54 Å². The van der Waals surface area contributed by atoms with Crippen LogP contribution in [0.2, 0.25) is 0 Å². The van der Waals surface area contributed by atoms with E-state index in [-0.39, 0.29) is 0 Å². The Morgan fingerprint density at radius 2 is 1.65 bits per heavy atom. The monoisotopic (exact) mass is 227 g/mol. The maximum atomic E-state index is 5.49. The van der Waals surface area contributed by atoms with E-state index in [9.17, 15) is 0 Å². The van der Waals surface area contributed by atoms with Gasteiger partial charge >= 0.3 is 0 Å². The van der Waals surface area contributed by atoms with Crippen LogP contribution in [0.1, 0.15) is 18.1 Å². The molecule has 0 unspecified atom stereocenters. The Morgan fingerprint density at radius 3 is 2.18 bits per heavy atom. The molecule has 17 heavy (non-hydrogen) atoms. The Hall–Kier alpha value is -1.74. The average molecular weight is 227 g/mol. The highest BCUT2D eigenvalue weighted by Gasteiger charge is 2.01. The summed E-state index contributed by atoms with van der Waals surface area (Å²) in [5, 5.41) is 0. The quantitative estimate of drug-likeness (QED) is 0.871. The van der Waals surface area contributed by atoms with Crippen molar-refractivity contribution in [2.45, 2.75) is 19.8 Å². The number of aryl methyl sites for hydroxylation is 1. The minimum Gasteiger partial charge on any atom is -0.330 e. The number of aromatic nitrogens is 2. The summed E-state index contributed by atoms with van der Waals surface area (Å²) in [5.74, 6) is 0.772. The van der Waals surface area contributed by atoms with Gasteiger partial charge in [-0.2, -0.15) is 0 Å².